The predicted molar refractivity (Wildman–Crippen MR) is 186 cm³/mol. The molecule has 0 fully saturated rings. The lowest BCUT2D eigenvalue weighted by Crippen LogP contribution is -2.40. The second kappa shape index (κ2) is 15.3. The van der Waals surface area contributed by atoms with Crippen LogP contribution in [0.3, 0.4) is 0 Å². The van der Waals surface area contributed by atoms with Gasteiger partial charge in [0.15, 0.2) is 35.6 Å². The molecule has 0 amide bonds. The van der Waals surface area contributed by atoms with Gasteiger partial charge in [-0.2, -0.15) is 11.1 Å². The summed E-state index contributed by atoms with van der Waals surface area (Å²) in [7, 11) is -4.89. The van der Waals surface area contributed by atoms with Crippen LogP contribution in [0.1, 0.15) is 79.0 Å². The van der Waals surface area contributed by atoms with E-state index in [2.05, 4.69) is 102 Å². The highest BCUT2D eigenvalue weighted by Crippen LogP contribution is 2.39. The average Bonchev–Trinajstić information content (AvgIpc) is 2.79. The van der Waals surface area contributed by atoms with Crippen LogP contribution in [0.4, 0.5) is 8.78 Å². The standard InChI is InChI=1S/C14H23FOSi.C13H21FO2Si.C6H15ClSi/c1-11-9-12(7-8-13(11)15)10-16-17(5,6)14(2,3)4;1-13(2,3)17(4,5)16-9-10-6-7-11(14)12(15)8-10;1-6(2,3)8(4,5)7/h7-9H,10H2,1-6H3;6-8,15H,9H2,1-5H3;1-5H3. The van der Waals surface area contributed by atoms with E-state index in [1.165, 1.54) is 18.2 Å². The van der Waals surface area contributed by atoms with Crippen LogP contribution in [0.5, 0.6) is 5.75 Å². The molecule has 0 saturated heterocycles. The molecule has 42 heavy (non-hydrogen) atoms. The fraction of sp³-hybridized carbons (Fsp3) is 0.636. The van der Waals surface area contributed by atoms with E-state index in [-0.39, 0.29) is 21.6 Å². The Hall–Kier alpha value is -1.04. The zero-order valence-electron chi connectivity index (χ0n) is 29.3. The maximum absolute atomic E-state index is 13.1. The van der Waals surface area contributed by atoms with E-state index in [9.17, 15) is 13.9 Å². The smallest absolute Gasteiger partial charge is 0.192 e. The summed E-state index contributed by atoms with van der Waals surface area (Å²) in [5.74, 6) is -1.07. The molecule has 0 aliphatic heterocycles. The van der Waals surface area contributed by atoms with Crippen molar-refractivity contribution in [1.29, 1.82) is 0 Å². The molecule has 3 nitrogen and oxygen atoms in total. The maximum Gasteiger partial charge on any atom is 0.192 e. The van der Waals surface area contributed by atoms with Crippen LogP contribution in [-0.2, 0) is 22.1 Å². The Labute approximate surface area is 264 Å². The van der Waals surface area contributed by atoms with Gasteiger partial charge in [0.1, 0.15) is 5.82 Å². The van der Waals surface area contributed by atoms with E-state index in [0.29, 0.717) is 23.8 Å². The monoisotopic (exact) mass is 660 g/mol. The number of benzene rings is 2. The fourth-order valence-corrected chi connectivity index (χ4v) is 4.33. The summed E-state index contributed by atoms with van der Waals surface area (Å²) in [6, 6.07) is 9.50. The molecule has 1 N–H and O–H groups in total. The Morgan fingerprint density at radius 3 is 1.26 bits per heavy atom. The fourth-order valence-electron chi connectivity index (χ4n) is 2.41. The van der Waals surface area contributed by atoms with Gasteiger partial charge in [0, 0.05) is 0 Å². The summed E-state index contributed by atoms with van der Waals surface area (Å²) in [5, 5.41) is 9.97. The van der Waals surface area contributed by atoms with Crippen molar-refractivity contribution in [2.75, 3.05) is 0 Å². The van der Waals surface area contributed by atoms with Crippen LogP contribution in [0.2, 0.25) is 54.4 Å². The predicted octanol–water partition coefficient (Wildman–Crippen LogP) is 11.9. The molecule has 0 aromatic heterocycles. The van der Waals surface area contributed by atoms with Crippen LogP contribution >= 0.6 is 11.1 Å². The Morgan fingerprint density at radius 1 is 0.643 bits per heavy atom. The van der Waals surface area contributed by atoms with Crippen molar-refractivity contribution >= 4 is 35.1 Å². The number of aromatic hydroxyl groups is 1. The summed E-state index contributed by atoms with van der Waals surface area (Å²) in [6.45, 7) is 35.7. The zero-order valence-corrected chi connectivity index (χ0v) is 33.0. The van der Waals surface area contributed by atoms with E-state index in [4.69, 9.17) is 19.9 Å². The van der Waals surface area contributed by atoms with Crippen LogP contribution < -0.4 is 0 Å². The van der Waals surface area contributed by atoms with E-state index in [1.807, 2.05) is 6.07 Å². The minimum Gasteiger partial charge on any atom is -0.505 e. The lowest BCUT2D eigenvalue weighted by atomic mass is 10.1. The second-order valence-electron chi connectivity index (χ2n) is 15.7. The van der Waals surface area contributed by atoms with Crippen molar-refractivity contribution in [1.82, 2.24) is 0 Å². The third kappa shape index (κ3) is 13.7. The molecule has 0 aliphatic rings. The van der Waals surface area contributed by atoms with E-state index in [1.54, 1.807) is 19.1 Å². The van der Waals surface area contributed by atoms with E-state index < -0.39 is 29.8 Å². The first-order chi connectivity index (χ1) is 18.5. The van der Waals surface area contributed by atoms with Crippen molar-refractivity contribution in [3.05, 3.63) is 64.7 Å². The van der Waals surface area contributed by atoms with Crippen molar-refractivity contribution in [3.63, 3.8) is 0 Å². The van der Waals surface area contributed by atoms with E-state index in [0.717, 1.165) is 11.1 Å². The third-order valence-electron chi connectivity index (χ3n) is 8.83. The largest absolute Gasteiger partial charge is 0.505 e. The third-order valence-corrected chi connectivity index (χ3v) is 23.1. The summed E-state index contributed by atoms with van der Waals surface area (Å²) < 4.78 is 38.1. The lowest BCUT2D eigenvalue weighted by Gasteiger charge is -2.36. The molecule has 2 aromatic rings. The minimum absolute atomic E-state index is 0.148. The number of halogens is 3. The number of hydrogen-bond donors (Lipinski definition) is 1. The molecule has 0 radical (unpaired) electrons. The summed E-state index contributed by atoms with van der Waals surface area (Å²) in [6.07, 6.45) is 0. The first-order valence-corrected chi connectivity index (χ1v) is 24.5. The molecular weight excluding hydrogens is 602 g/mol. The van der Waals surface area contributed by atoms with Gasteiger partial charge in [-0.05, 0) is 83.1 Å². The first-order valence-electron chi connectivity index (χ1n) is 14.7. The number of rotatable bonds is 6. The van der Waals surface area contributed by atoms with Crippen LogP contribution in [0.15, 0.2) is 36.4 Å². The van der Waals surface area contributed by atoms with Gasteiger partial charge < -0.3 is 14.0 Å². The zero-order chi connectivity index (χ0) is 33.5. The topological polar surface area (TPSA) is 38.7 Å². The van der Waals surface area contributed by atoms with E-state index >= 15 is 0 Å². The van der Waals surface area contributed by atoms with Gasteiger partial charge in [0.2, 0.25) is 0 Å². The maximum atomic E-state index is 13.1. The Kier molecular flexibility index (Phi) is 14.9. The Bertz CT molecular complexity index is 1040. The molecular formula is C33H59ClF2O3Si3. The Morgan fingerprint density at radius 2 is 0.976 bits per heavy atom. The first kappa shape index (κ1) is 41.0. The quantitative estimate of drug-likeness (QED) is 0.247. The van der Waals surface area contributed by atoms with Gasteiger partial charge in [-0.15, -0.1) is 0 Å². The highest BCUT2D eigenvalue weighted by atomic mass is 35.6. The van der Waals surface area contributed by atoms with Gasteiger partial charge in [-0.3, -0.25) is 0 Å². The van der Waals surface area contributed by atoms with Gasteiger partial charge in [0.05, 0.1) is 13.2 Å². The number of phenolic OH excluding ortho intramolecular Hbond substituents is 1. The molecule has 242 valence electrons. The molecule has 0 unspecified atom stereocenters. The Balaban J connectivity index is 0.000000642. The average molecular weight is 662 g/mol. The van der Waals surface area contributed by atoms with Gasteiger partial charge >= 0.3 is 0 Å². The van der Waals surface area contributed by atoms with Crippen molar-refractivity contribution in [3.8, 4) is 5.75 Å². The summed E-state index contributed by atoms with van der Waals surface area (Å²) in [5.41, 5.74) is 2.53. The highest BCUT2D eigenvalue weighted by Gasteiger charge is 2.38. The molecule has 9 heteroatoms. The number of phenols is 1. The van der Waals surface area contributed by atoms with Crippen LogP contribution in [0, 0.1) is 18.6 Å². The SMILES string of the molecule is CC(C)(C)[Si](C)(C)Cl.CC(C)(C)[Si](C)(C)OCc1ccc(F)c(O)c1.Cc1cc(CO[Si](C)(C)C(C)(C)C)ccc1F. The second-order valence-corrected chi connectivity index (χ2v) is 32.6. The van der Waals surface area contributed by atoms with Crippen molar-refractivity contribution < 1.29 is 22.7 Å². The molecule has 0 spiro atoms. The molecule has 2 rings (SSSR count). The van der Waals surface area contributed by atoms with Crippen molar-refractivity contribution in [2.24, 2.45) is 0 Å². The summed E-state index contributed by atoms with van der Waals surface area (Å²) >= 11 is 6.15. The minimum atomic E-state index is -1.79. The molecule has 0 bridgehead atoms. The van der Waals surface area contributed by atoms with Gasteiger partial charge in [-0.1, -0.05) is 93.6 Å². The lowest BCUT2D eigenvalue weighted by molar-refractivity contribution is 0.275. The normalized spacial score (nSPS) is 13.1. The molecule has 0 heterocycles. The summed E-state index contributed by atoms with van der Waals surface area (Å²) in [4.78, 5) is 0. The van der Waals surface area contributed by atoms with Gasteiger partial charge in [-0.25, -0.2) is 8.78 Å². The molecule has 2 aromatic carbocycles. The van der Waals surface area contributed by atoms with Gasteiger partial charge in [0.25, 0.3) is 0 Å². The highest BCUT2D eigenvalue weighted by molar-refractivity contribution is 7.20. The number of hydrogen-bond acceptors (Lipinski definition) is 3. The van der Waals surface area contributed by atoms with Crippen LogP contribution in [0.25, 0.3) is 0 Å². The van der Waals surface area contributed by atoms with Crippen LogP contribution in [-0.4, -0.2) is 29.1 Å². The molecule has 0 aliphatic carbocycles. The van der Waals surface area contributed by atoms with Crippen molar-refractivity contribution in [2.45, 2.75) is 137 Å². The molecule has 0 saturated carbocycles. The molecule has 0 atom stereocenters. The number of aryl methyl sites for hydroxylation is 1.